The van der Waals surface area contributed by atoms with Gasteiger partial charge in [-0.3, -0.25) is 4.99 Å². The van der Waals surface area contributed by atoms with E-state index in [1.54, 1.807) is 0 Å². The van der Waals surface area contributed by atoms with E-state index in [0.717, 1.165) is 31.9 Å². The van der Waals surface area contributed by atoms with Gasteiger partial charge in [-0.25, -0.2) is 0 Å². The molecule has 0 aliphatic heterocycles. The van der Waals surface area contributed by atoms with E-state index in [4.69, 9.17) is 0 Å². The van der Waals surface area contributed by atoms with Crippen LogP contribution in [0.25, 0.3) is 0 Å². The van der Waals surface area contributed by atoms with Crippen LogP contribution < -0.4 is 5.32 Å². The highest BCUT2D eigenvalue weighted by Gasteiger charge is 2.03. The molecule has 0 spiro atoms. The Morgan fingerprint density at radius 2 is 1.64 bits per heavy atom. The van der Waals surface area contributed by atoms with E-state index >= 15 is 0 Å². The molecule has 0 aromatic carbocycles. The molecule has 0 fully saturated rings. The van der Waals surface area contributed by atoms with Crippen molar-refractivity contribution < 1.29 is 0 Å². The molecule has 0 amide bonds. The number of aliphatic imine (C=N–C) groups is 1. The van der Waals surface area contributed by atoms with Gasteiger partial charge < -0.3 is 15.1 Å². The summed E-state index contributed by atoms with van der Waals surface area (Å²) in [4.78, 5) is 8.79. The van der Waals surface area contributed by atoms with Gasteiger partial charge in [0.1, 0.15) is 0 Å². The fourth-order valence-electron chi connectivity index (χ4n) is 2.25. The molecule has 4 nitrogen and oxygen atoms in total. The van der Waals surface area contributed by atoms with E-state index in [9.17, 15) is 0 Å². The Morgan fingerprint density at radius 1 is 1.00 bits per heavy atom. The molecule has 0 atom stereocenters. The Morgan fingerprint density at radius 3 is 2.23 bits per heavy atom. The molecule has 0 aromatic heterocycles. The number of halogens is 1. The van der Waals surface area contributed by atoms with Crippen molar-refractivity contribution in [3.8, 4) is 0 Å². The number of nitrogens with zero attached hydrogens (tertiary/aromatic N) is 3. The smallest absolute Gasteiger partial charge is 0.193 e. The van der Waals surface area contributed by atoms with Crippen molar-refractivity contribution in [3.63, 3.8) is 0 Å². The van der Waals surface area contributed by atoms with Crippen molar-refractivity contribution in [1.82, 2.24) is 15.1 Å². The third-order valence-electron chi connectivity index (χ3n) is 3.54. The first-order valence-corrected chi connectivity index (χ1v) is 8.29. The van der Waals surface area contributed by atoms with E-state index in [-0.39, 0.29) is 24.0 Å². The molecule has 0 saturated carbocycles. The van der Waals surface area contributed by atoms with Crippen molar-refractivity contribution in [2.45, 2.75) is 44.9 Å². The summed E-state index contributed by atoms with van der Waals surface area (Å²) in [6, 6.07) is 0. The molecule has 0 aliphatic rings. The summed E-state index contributed by atoms with van der Waals surface area (Å²) in [5.41, 5.74) is 0. The van der Waals surface area contributed by atoms with Gasteiger partial charge in [-0.2, -0.15) is 0 Å². The summed E-state index contributed by atoms with van der Waals surface area (Å²) in [5, 5.41) is 3.45. The van der Waals surface area contributed by atoms with Crippen molar-refractivity contribution in [1.29, 1.82) is 0 Å². The lowest BCUT2D eigenvalue weighted by Crippen LogP contribution is -2.39. The number of rotatable bonds is 12. The van der Waals surface area contributed by atoms with E-state index in [2.05, 4.69) is 47.8 Å². The zero-order valence-electron chi connectivity index (χ0n) is 15.1. The number of hydrogen-bond acceptors (Lipinski definition) is 2. The average Bonchev–Trinajstić information content (AvgIpc) is 2.45. The van der Waals surface area contributed by atoms with E-state index in [0.29, 0.717) is 0 Å². The van der Waals surface area contributed by atoms with Gasteiger partial charge >= 0.3 is 0 Å². The van der Waals surface area contributed by atoms with Crippen molar-refractivity contribution >= 4 is 29.9 Å². The fraction of sp³-hybridized carbons (Fsp3) is 0.824. The lowest BCUT2D eigenvalue weighted by molar-refractivity contribution is 0.389. The standard InChI is InChI=1S/C17H36N4.HI/c1-6-7-12-16-21(5)17(18-2)19-14-11-9-8-10-13-15-20(3)4;/h6H,1,7-16H2,2-5H3,(H,18,19);1H. The molecule has 0 radical (unpaired) electrons. The van der Waals surface area contributed by atoms with Crippen LogP contribution in [-0.4, -0.2) is 63.6 Å². The highest BCUT2D eigenvalue weighted by Crippen LogP contribution is 2.03. The van der Waals surface area contributed by atoms with Crippen LogP contribution in [0, 0.1) is 0 Å². The third-order valence-corrected chi connectivity index (χ3v) is 3.54. The first kappa shape index (κ1) is 24.0. The van der Waals surface area contributed by atoms with Gasteiger partial charge in [-0.1, -0.05) is 25.3 Å². The van der Waals surface area contributed by atoms with Gasteiger partial charge in [0, 0.05) is 27.2 Å². The first-order chi connectivity index (χ1) is 10.1. The minimum atomic E-state index is 0. The Kier molecular flexibility index (Phi) is 18.6. The van der Waals surface area contributed by atoms with Crippen molar-refractivity contribution in [2.24, 2.45) is 4.99 Å². The average molecular weight is 424 g/mol. The van der Waals surface area contributed by atoms with Gasteiger partial charge in [-0.15, -0.1) is 30.6 Å². The van der Waals surface area contributed by atoms with Gasteiger partial charge in [0.25, 0.3) is 0 Å². The van der Waals surface area contributed by atoms with Gasteiger partial charge in [0.05, 0.1) is 0 Å². The minimum absolute atomic E-state index is 0. The Balaban J connectivity index is 0. The summed E-state index contributed by atoms with van der Waals surface area (Å²) < 4.78 is 0. The molecule has 0 aromatic rings. The second-order valence-electron chi connectivity index (χ2n) is 5.90. The maximum absolute atomic E-state index is 4.33. The molecule has 0 bridgehead atoms. The third kappa shape index (κ3) is 14.6. The number of unbranched alkanes of at least 4 members (excludes halogenated alkanes) is 5. The summed E-state index contributed by atoms with van der Waals surface area (Å²) in [6.07, 6.45) is 10.7. The van der Waals surface area contributed by atoms with Gasteiger partial charge in [0.15, 0.2) is 5.96 Å². The van der Waals surface area contributed by atoms with Crippen molar-refractivity contribution in [2.75, 3.05) is 47.8 Å². The quantitative estimate of drug-likeness (QED) is 0.171. The number of nitrogens with one attached hydrogen (secondary N) is 1. The molecule has 0 saturated heterocycles. The zero-order valence-corrected chi connectivity index (χ0v) is 17.4. The molecule has 22 heavy (non-hydrogen) atoms. The second-order valence-corrected chi connectivity index (χ2v) is 5.90. The monoisotopic (exact) mass is 424 g/mol. The molecule has 0 rings (SSSR count). The fourth-order valence-corrected chi connectivity index (χ4v) is 2.25. The van der Waals surface area contributed by atoms with Crippen LogP contribution >= 0.6 is 24.0 Å². The molecule has 1 N–H and O–H groups in total. The van der Waals surface area contributed by atoms with Crippen LogP contribution in [0.4, 0.5) is 0 Å². The van der Waals surface area contributed by atoms with Crippen LogP contribution in [0.5, 0.6) is 0 Å². The molecule has 0 unspecified atom stereocenters. The molecule has 5 heteroatoms. The molecule has 0 heterocycles. The topological polar surface area (TPSA) is 30.9 Å². The molecule has 0 aliphatic carbocycles. The minimum Gasteiger partial charge on any atom is -0.356 e. The Hall–Kier alpha value is -0.300. The van der Waals surface area contributed by atoms with Crippen LogP contribution in [-0.2, 0) is 0 Å². The van der Waals surface area contributed by atoms with Crippen LogP contribution in [0.1, 0.15) is 44.9 Å². The summed E-state index contributed by atoms with van der Waals surface area (Å²) in [5.74, 6) is 1.01. The SMILES string of the molecule is C=CCCCN(C)C(=NC)NCCCCCCCN(C)C.I. The second kappa shape index (κ2) is 17.1. The van der Waals surface area contributed by atoms with Crippen molar-refractivity contribution in [3.05, 3.63) is 12.7 Å². The Labute approximate surface area is 155 Å². The number of hydrogen-bond donors (Lipinski definition) is 1. The maximum atomic E-state index is 4.33. The highest BCUT2D eigenvalue weighted by atomic mass is 127. The largest absolute Gasteiger partial charge is 0.356 e. The molecular formula is C17H37IN4. The van der Waals surface area contributed by atoms with Crippen LogP contribution in [0.2, 0.25) is 0 Å². The van der Waals surface area contributed by atoms with E-state index in [1.807, 2.05) is 13.1 Å². The predicted molar refractivity (Wildman–Crippen MR) is 110 cm³/mol. The van der Waals surface area contributed by atoms with E-state index in [1.165, 1.54) is 38.6 Å². The predicted octanol–water partition coefficient (Wildman–Crippen LogP) is 3.59. The Bertz CT molecular complexity index is 280. The van der Waals surface area contributed by atoms with Crippen LogP contribution in [0.15, 0.2) is 17.6 Å². The first-order valence-electron chi connectivity index (χ1n) is 8.29. The number of allylic oxidation sites excluding steroid dienone is 1. The molecule has 132 valence electrons. The highest BCUT2D eigenvalue weighted by molar-refractivity contribution is 14.0. The maximum Gasteiger partial charge on any atom is 0.193 e. The van der Waals surface area contributed by atoms with Gasteiger partial charge in [-0.05, 0) is 46.3 Å². The van der Waals surface area contributed by atoms with E-state index < -0.39 is 0 Å². The summed E-state index contributed by atoms with van der Waals surface area (Å²) in [7, 11) is 8.23. The summed E-state index contributed by atoms with van der Waals surface area (Å²) in [6.45, 7) is 7.01. The lowest BCUT2D eigenvalue weighted by Gasteiger charge is -2.21. The lowest BCUT2D eigenvalue weighted by atomic mass is 10.1. The molecular weight excluding hydrogens is 387 g/mol. The van der Waals surface area contributed by atoms with Gasteiger partial charge in [0.2, 0.25) is 0 Å². The van der Waals surface area contributed by atoms with Crippen LogP contribution in [0.3, 0.4) is 0 Å². The summed E-state index contributed by atoms with van der Waals surface area (Å²) >= 11 is 0. The normalized spacial score (nSPS) is 11.2. The zero-order chi connectivity index (χ0) is 15.9. The number of guanidine groups is 1.